The molecule has 0 bridgehead atoms. The van der Waals surface area contributed by atoms with Gasteiger partial charge in [-0.05, 0) is 32.1 Å². The molecular formula is C13H26N2. The quantitative estimate of drug-likeness (QED) is 0.766. The summed E-state index contributed by atoms with van der Waals surface area (Å²) in [5.74, 6) is 0. The highest BCUT2D eigenvalue weighted by Gasteiger charge is 2.43. The van der Waals surface area contributed by atoms with Crippen molar-refractivity contribution in [3.63, 3.8) is 0 Å². The van der Waals surface area contributed by atoms with E-state index >= 15 is 0 Å². The molecular weight excluding hydrogens is 184 g/mol. The highest BCUT2D eigenvalue weighted by molar-refractivity contribution is 5.00. The normalized spacial score (nSPS) is 30.8. The molecule has 0 radical (unpaired) electrons. The zero-order valence-electron chi connectivity index (χ0n) is 10.6. The molecule has 1 saturated carbocycles. The number of rotatable bonds is 4. The summed E-state index contributed by atoms with van der Waals surface area (Å²) in [6.45, 7) is 9.47. The molecule has 2 rings (SSSR count). The largest absolute Gasteiger partial charge is 0.310 e. The van der Waals surface area contributed by atoms with Gasteiger partial charge in [0.05, 0.1) is 0 Å². The van der Waals surface area contributed by atoms with Crippen molar-refractivity contribution in [3.8, 4) is 0 Å². The first kappa shape index (κ1) is 11.4. The second kappa shape index (κ2) is 4.42. The smallest absolute Gasteiger partial charge is 0.0209 e. The maximum Gasteiger partial charge on any atom is 0.0209 e. The molecule has 0 aromatic heterocycles. The highest BCUT2D eigenvalue weighted by atomic mass is 15.3. The molecule has 0 aromatic rings. The van der Waals surface area contributed by atoms with Gasteiger partial charge in [0, 0.05) is 30.7 Å². The van der Waals surface area contributed by atoms with Crippen molar-refractivity contribution in [2.45, 2.75) is 70.5 Å². The van der Waals surface area contributed by atoms with E-state index in [1.54, 1.807) is 0 Å². The van der Waals surface area contributed by atoms with E-state index < -0.39 is 0 Å². The van der Waals surface area contributed by atoms with E-state index in [0.29, 0.717) is 11.6 Å². The molecule has 2 heteroatoms. The molecule has 1 N–H and O–H groups in total. The minimum absolute atomic E-state index is 0.605. The SMILES string of the molecule is CCC1(N2CCC(NC(C)C)C2)CCC1. The van der Waals surface area contributed by atoms with Crippen LogP contribution in [0, 0.1) is 0 Å². The van der Waals surface area contributed by atoms with Gasteiger partial charge in [0.15, 0.2) is 0 Å². The standard InChI is InChI=1S/C13H26N2/c1-4-13(7-5-8-13)15-9-6-12(10-15)14-11(2)3/h11-12,14H,4-10H2,1-3H3. The van der Waals surface area contributed by atoms with Gasteiger partial charge >= 0.3 is 0 Å². The lowest BCUT2D eigenvalue weighted by atomic mass is 9.73. The van der Waals surface area contributed by atoms with Crippen molar-refractivity contribution in [2.24, 2.45) is 0 Å². The van der Waals surface area contributed by atoms with Crippen LogP contribution in [0.1, 0.15) is 52.9 Å². The molecule has 15 heavy (non-hydrogen) atoms. The van der Waals surface area contributed by atoms with Crippen LogP contribution in [0.15, 0.2) is 0 Å². The zero-order chi connectivity index (χ0) is 10.9. The third-order valence-electron chi connectivity index (χ3n) is 4.37. The predicted molar refractivity (Wildman–Crippen MR) is 65.1 cm³/mol. The lowest BCUT2D eigenvalue weighted by molar-refractivity contribution is 0.0303. The minimum Gasteiger partial charge on any atom is -0.310 e. The Kier molecular flexibility index (Phi) is 3.36. The van der Waals surface area contributed by atoms with Crippen LogP contribution in [0.2, 0.25) is 0 Å². The first-order chi connectivity index (χ1) is 7.16. The molecule has 0 aromatic carbocycles. The summed E-state index contributed by atoms with van der Waals surface area (Å²) in [5.41, 5.74) is 0.605. The van der Waals surface area contributed by atoms with Crippen LogP contribution in [-0.4, -0.2) is 35.6 Å². The van der Waals surface area contributed by atoms with Crippen molar-refractivity contribution in [2.75, 3.05) is 13.1 Å². The van der Waals surface area contributed by atoms with Gasteiger partial charge in [-0.15, -0.1) is 0 Å². The topological polar surface area (TPSA) is 15.3 Å². The summed E-state index contributed by atoms with van der Waals surface area (Å²) in [6.07, 6.45) is 7.03. The molecule has 88 valence electrons. The third-order valence-corrected chi connectivity index (χ3v) is 4.37. The second-order valence-corrected chi connectivity index (χ2v) is 5.68. The van der Waals surface area contributed by atoms with Gasteiger partial charge in [0.1, 0.15) is 0 Å². The van der Waals surface area contributed by atoms with Crippen LogP contribution in [-0.2, 0) is 0 Å². The van der Waals surface area contributed by atoms with Gasteiger partial charge < -0.3 is 5.32 Å². The Bertz CT molecular complexity index is 203. The molecule has 2 fully saturated rings. The van der Waals surface area contributed by atoms with E-state index in [1.807, 2.05) is 0 Å². The minimum atomic E-state index is 0.605. The van der Waals surface area contributed by atoms with Crippen LogP contribution < -0.4 is 5.32 Å². The summed E-state index contributed by atoms with van der Waals surface area (Å²) in [5, 5.41) is 3.67. The fourth-order valence-corrected chi connectivity index (χ4v) is 3.28. The number of hydrogen-bond donors (Lipinski definition) is 1. The van der Waals surface area contributed by atoms with E-state index in [1.165, 1.54) is 45.2 Å². The summed E-state index contributed by atoms with van der Waals surface area (Å²) in [4.78, 5) is 2.76. The van der Waals surface area contributed by atoms with Crippen molar-refractivity contribution in [1.29, 1.82) is 0 Å². The Labute approximate surface area is 94.4 Å². The van der Waals surface area contributed by atoms with Crippen molar-refractivity contribution in [3.05, 3.63) is 0 Å². The Morgan fingerprint density at radius 2 is 2.13 bits per heavy atom. The Morgan fingerprint density at radius 3 is 2.60 bits per heavy atom. The summed E-state index contributed by atoms with van der Waals surface area (Å²) < 4.78 is 0. The first-order valence-corrected chi connectivity index (χ1v) is 6.67. The Hall–Kier alpha value is -0.0800. The summed E-state index contributed by atoms with van der Waals surface area (Å²) in [6, 6.07) is 1.38. The molecule has 2 nitrogen and oxygen atoms in total. The number of hydrogen-bond acceptors (Lipinski definition) is 2. The number of likely N-dealkylation sites (tertiary alicyclic amines) is 1. The van der Waals surface area contributed by atoms with Crippen molar-refractivity contribution in [1.82, 2.24) is 10.2 Å². The van der Waals surface area contributed by atoms with Crippen LogP contribution in [0.5, 0.6) is 0 Å². The summed E-state index contributed by atoms with van der Waals surface area (Å²) >= 11 is 0. The van der Waals surface area contributed by atoms with E-state index in [0.717, 1.165) is 6.04 Å². The molecule has 1 saturated heterocycles. The monoisotopic (exact) mass is 210 g/mol. The lowest BCUT2D eigenvalue weighted by Crippen LogP contribution is -2.53. The van der Waals surface area contributed by atoms with Gasteiger partial charge in [0.25, 0.3) is 0 Å². The van der Waals surface area contributed by atoms with Crippen molar-refractivity contribution >= 4 is 0 Å². The molecule has 1 atom stereocenters. The molecule has 0 spiro atoms. The van der Waals surface area contributed by atoms with E-state index in [2.05, 4.69) is 31.0 Å². The molecule has 1 aliphatic carbocycles. The molecule has 1 unspecified atom stereocenters. The maximum absolute atomic E-state index is 3.67. The fourth-order valence-electron chi connectivity index (χ4n) is 3.28. The van der Waals surface area contributed by atoms with Crippen LogP contribution in [0.4, 0.5) is 0 Å². The highest BCUT2D eigenvalue weighted by Crippen LogP contribution is 2.42. The van der Waals surface area contributed by atoms with E-state index in [9.17, 15) is 0 Å². The second-order valence-electron chi connectivity index (χ2n) is 5.68. The van der Waals surface area contributed by atoms with Crippen LogP contribution >= 0.6 is 0 Å². The van der Waals surface area contributed by atoms with Gasteiger partial charge in [-0.3, -0.25) is 4.90 Å². The Morgan fingerprint density at radius 1 is 1.40 bits per heavy atom. The molecule has 0 amide bonds. The third kappa shape index (κ3) is 2.21. The summed E-state index contributed by atoms with van der Waals surface area (Å²) in [7, 11) is 0. The predicted octanol–water partition coefficient (Wildman–Crippen LogP) is 2.39. The molecule has 1 aliphatic heterocycles. The average Bonchev–Trinajstić information content (AvgIpc) is 2.51. The fraction of sp³-hybridized carbons (Fsp3) is 1.00. The number of nitrogens with zero attached hydrogens (tertiary/aromatic N) is 1. The van der Waals surface area contributed by atoms with Gasteiger partial charge in [-0.1, -0.05) is 20.8 Å². The van der Waals surface area contributed by atoms with Crippen LogP contribution in [0.25, 0.3) is 0 Å². The zero-order valence-corrected chi connectivity index (χ0v) is 10.6. The van der Waals surface area contributed by atoms with Gasteiger partial charge in [0.2, 0.25) is 0 Å². The van der Waals surface area contributed by atoms with Gasteiger partial charge in [-0.25, -0.2) is 0 Å². The molecule has 1 heterocycles. The lowest BCUT2D eigenvalue weighted by Gasteiger charge is -2.48. The van der Waals surface area contributed by atoms with E-state index in [4.69, 9.17) is 0 Å². The first-order valence-electron chi connectivity index (χ1n) is 6.67. The number of nitrogens with one attached hydrogen (secondary N) is 1. The Balaban J connectivity index is 1.86. The van der Waals surface area contributed by atoms with E-state index in [-0.39, 0.29) is 0 Å². The van der Waals surface area contributed by atoms with Gasteiger partial charge in [-0.2, -0.15) is 0 Å². The maximum atomic E-state index is 3.67. The average molecular weight is 210 g/mol. The molecule has 2 aliphatic rings. The van der Waals surface area contributed by atoms with Crippen molar-refractivity contribution < 1.29 is 0 Å². The van der Waals surface area contributed by atoms with Crippen LogP contribution in [0.3, 0.4) is 0 Å².